The van der Waals surface area contributed by atoms with Gasteiger partial charge in [0.2, 0.25) is 5.91 Å². The van der Waals surface area contributed by atoms with E-state index in [9.17, 15) is 9.18 Å². The molecule has 1 aromatic rings. The van der Waals surface area contributed by atoms with Gasteiger partial charge in [-0.3, -0.25) is 4.79 Å². The summed E-state index contributed by atoms with van der Waals surface area (Å²) in [6, 6.07) is 6.30. The SMILES string of the molecule is O=C([C@@H]1C[C@H]2C=C[C@H]1C21CC1)N1CCC(Oc2cccc(F)c2)CC1. The number of likely N-dealkylation sites (tertiary alicyclic amines) is 1. The molecule has 25 heavy (non-hydrogen) atoms. The summed E-state index contributed by atoms with van der Waals surface area (Å²) < 4.78 is 19.2. The molecular weight excluding hydrogens is 317 g/mol. The number of hydrogen-bond acceptors (Lipinski definition) is 2. The minimum Gasteiger partial charge on any atom is -0.490 e. The van der Waals surface area contributed by atoms with E-state index in [4.69, 9.17) is 4.74 Å². The summed E-state index contributed by atoms with van der Waals surface area (Å²) in [5.74, 6) is 2.01. The van der Waals surface area contributed by atoms with E-state index in [0.29, 0.717) is 28.9 Å². The second-order valence-corrected chi connectivity index (χ2v) is 8.19. The van der Waals surface area contributed by atoms with E-state index >= 15 is 0 Å². The first kappa shape index (κ1) is 15.4. The van der Waals surface area contributed by atoms with Gasteiger partial charge in [0.05, 0.1) is 0 Å². The molecule has 1 saturated heterocycles. The highest BCUT2D eigenvalue weighted by Crippen LogP contribution is 2.70. The van der Waals surface area contributed by atoms with Crippen LogP contribution in [0.15, 0.2) is 36.4 Å². The summed E-state index contributed by atoms with van der Waals surface area (Å²) in [4.78, 5) is 15.1. The van der Waals surface area contributed by atoms with Crippen molar-refractivity contribution in [2.24, 2.45) is 23.2 Å². The Balaban J connectivity index is 1.18. The Morgan fingerprint density at radius 3 is 2.68 bits per heavy atom. The second-order valence-electron chi connectivity index (χ2n) is 8.19. The maximum atomic E-state index is 13.3. The van der Waals surface area contributed by atoms with Gasteiger partial charge < -0.3 is 9.64 Å². The molecule has 0 aromatic heterocycles. The maximum absolute atomic E-state index is 13.3. The first-order chi connectivity index (χ1) is 12.2. The lowest BCUT2D eigenvalue weighted by atomic mass is 9.87. The molecule has 4 aliphatic rings. The van der Waals surface area contributed by atoms with Crippen molar-refractivity contribution in [3.05, 3.63) is 42.2 Å². The zero-order chi connectivity index (χ0) is 17.0. The number of hydrogen-bond donors (Lipinski definition) is 0. The Morgan fingerprint density at radius 2 is 2.00 bits per heavy atom. The van der Waals surface area contributed by atoms with Crippen LogP contribution in [0.25, 0.3) is 0 Å². The van der Waals surface area contributed by atoms with Gasteiger partial charge in [-0.15, -0.1) is 0 Å². The smallest absolute Gasteiger partial charge is 0.226 e. The molecule has 132 valence electrons. The number of piperidine rings is 1. The number of ether oxygens (including phenoxy) is 1. The van der Waals surface area contributed by atoms with Gasteiger partial charge in [-0.05, 0) is 48.6 Å². The van der Waals surface area contributed by atoms with E-state index in [2.05, 4.69) is 12.2 Å². The summed E-state index contributed by atoms with van der Waals surface area (Å²) in [5, 5.41) is 0. The number of carbonyl (C=O) groups is 1. The van der Waals surface area contributed by atoms with Crippen LogP contribution in [-0.4, -0.2) is 30.0 Å². The van der Waals surface area contributed by atoms with Crippen molar-refractivity contribution in [1.29, 1.82) is 0 Å². The molecule has 0 radical (unpaired) electrons. The van der Waals surface area contributed by atoms with Crippen LogP contribution >= 0.6 is 0 Å². The van der Waals surface area contributed by atoms with Gasteiger partial charge in [-0.25, -0.2) is 4.39 Å². The van der Waals surface area contributed by atoms with Crippen molar-refractivity contribution in [3.8, 4) is 5.75 Å². The Morgan fingerprint density at radius 1 is 1.20 bits per heavy atom. The molecule has 3 atom stereocenters. The van der Waals surface area contributed by atoms with Crippen molar-refractivity contribution >= 4 is 5.91 Å². The van der Waals surface area contributed by atoms with Gasteiger partial charge in [-0.1, -0.05) is 18.2 Å². The molecule has 0 N–H and O–H groups in total. The fraction of sp³-hybridized carbons (Fsp3) is 0.571. The molecule has 3 nitrogen and oxygen atoms in total. The molecule has 5 rings (SSSR count). The molecule has 3 fully saturated rings. The molecule has 0 unspecified atom stereocenters. The third-order valence-electron chi connectivity index (χ3n) is 6.89. The normalized spacial score (nSPS) is 32.4. The summed E-state index contributed by atoms with van der Waals surface area (Å²) in [6.07, 6.45) is 10.1. The highest BCUT2D eigenvalue weighted by atomic mass is 19.1. The molecule has 3 aliphatic carbocycles. The fourth-order valence-corrected chi connectivity index (χ4v) is 5.42. The Hall–Kier alpha value is -1.84. The molecule has 2 bridgehead atoms. The lowest BCUT2D eigenvalue weighted by Crippen LogP contribution is -2.45. The van der Waals surface area contributed by atoms with Crippen molar-refractivity contribution in [3.63, 3.8) is 0 Å². The van der Waals surface area contributed by atoms with Gasteiger partial charge in [0.25, 0.3) is 0 Å². The first-order valence-electron chi connectivity index (χ1n) is 9.55. The third kappa shape index (κ3) is 2.49. The van der Waals surface area contributed by atoms with Crippen molar-refractivity contribution < 1.29 is 13.9 Å². The molecule has 1 aromatic carbocycles. The summed E-state index contributed by atoms with van der Waals surface area (Å²) in [5.41, 5.74) is 0.471. The van der Waals surface area contributed by atoms with E-state index < -0.39 is 0 Å². The van der Waals surface area contributed by atoms with Crippen molar-refractivity contribution in [1.82, 2.24) is 4.90 Å². The maximum Gasteiger partial charge on any atom is 0.226 e. The van der Waals surface area contributed by atoms with Crippen LogP contribution in [0.4, 0.5) is 4.39 Å². The predicted molar refractivity (Wildman–Crippen MR) is 92.5 cm³/mol. The minimum atomic E-state index is -0.275. The lowest BCUT2D eigenvalue weighted by Gasteiger charge is -2.35. The highest BCUT2D eigenvalue weighted by Gasteiger charge is 2.64. The second kappa shape index (κ2) is 5.58. The number of amides is 1. The van der Waals surface area contributed by atoms with Crippen LogP contribution in [0.1, 0.15) is 32.1 Å². The van der Waals surface area contributed by atoms with Crippen LogP contribution in [0.2, 0.25) is 0 Å². The Labute approximate surface area is 147 Å². The largest absolute Gasteiger partial charge is 0.490 e. The molecular formula is C21H24FNO2. The van der Waals surface area contributed by atoms with Crippen LogP contribution in [0.3, 0.4) is 0 Å². The van der Waals surface area contributed by atoms with E-state index in [1.165, 1.54) is 25.0 Å². The van der Waals surface area contributed by atoms with Crippen molar-refractivity contribution in [2.75, 3.05) is 13.1 Å². The molecule has 4 heteroatoms. The number of nitrogens with zero attached hydrogens (tertiary/aromatic N) is 1. The van der Waals surface area contributed by atoms with Crippen LogP contribution in [0.5, 0.6) is 5.75 Å². The summed E-state index contributed by atoms with van der Waals surface area (Å²) >= 11 is 0. The zero-order valence-electron chi connectivity index (χ0n) is 14.4. The van der Waals surface area contributed by atoms with Crippen molar-refractivity contribution in [2.45, 2.75) is 38.2 Å². The van der Waals surface area contributed by atoms with E-state index in [0.717, 1.165) is 32.4 Å². The number of benzene rings is 1. The predicted octanol–water partition coefficient (Wildman–Crippen LogP) is 3.80. The third-order valence-corrected chi connectivity index (χ3v) is 6.89. The van der Waals surface area contributed by atoms with E-state index in [1.807, 2.05) is 4.90 Å². The number of rotatable bonds is 3. The number of carbonyl (C=O) groups excluding carboxylic acids is 1. The molecule has 1 heterocycles. The van der Waals surface area contributed by atoms with Crippen LogP contribution in [0, 0.1) is 29.0 Å². The highest BCUT2D eigenvalue weighted by molar-refractivity contribution is 5.80. The van der Waals surface area contributed by atoms with Gasteiger partial charge in [-0.2, -0.15) is 0 Å². The minimum absolute atomic E-state index is 0.0700. The van der Waals surface area contributed by atoms with Crippen LogP contribution < -0.4 is 4.74 Å². The van der Waals surface area contributed by atoms with E-state index in [1.54, 1.807) is 12.1 Å². The lowest BCUT2D eigenvalue weighted by molar-refractivity contribution is -0.138. The molecule has 1 spiro atoms. The monoisotopic (exact) mass is 341 g/mol. The average Bonchev–Trinajstić information content (AvgIpc) is 3.28. The number of halogens is 1. The van der Waals surface area contributed by atoms with Gasteiger partial charge >= 0.3 is 0 Å². The summed E-state index contributed by atoms with van der Waals surface area (Å²) in [6.45, 7) is 1.51. The zero-order valence-corrected chi connectivity index (χ0v) is 14.4. The van der Waals surface area contributed by atoms with Gasteiger partial charge in [0, 0.05) is 37.9 Å². The molecule has 1 amide bonds. The Kier molecular flexibility index (Phi) is 3.44. The van der Waals surface area contributed by atoms with Gasteiger partial charge in [0.15, 0.2) is 0 Å². The van der Waals surface area contributed by atoms with E-state index in [-0.39, 0.29) is 17.8 Å². The summed E-state index contributed by atoms with van der Waals surface area (Å²) in [7, 11) is 0. The first-order valence-corrected chi connectivity index (χ1v) is 9.55. The quantitative estimate of drug-likeness (QED) is 0.783. The molecule has 2 saturated carbocycles. The molecule has 1 aliphatic heterocycles. The number of allylic oxidation sites excluding steroid dienone is 2. The van der Waals surface area contributed by atoms with Crippen LogP contribution in [-0.2, 0) is 4.79 Å². The Bertz CT molecular complexity index is 718. The fourth-order valence-electron chi connectivity index (χ4n) is 5.42. The standard InChI is InChI=1S/C21H24FNO2/c22-15-2-1-3-17(13-15)25-16-6-10-23(11-7-16)20(24)18-12-14-4-5-19(18)21(14)8-9-21/h1-5,13-14,16,18-19H,6-12H2/t14-,18-,19-/m1/s1. The van der Waals surface area contributed by atoms with Gasteiger partial charge in [0.1, 0.15) is 17.7 Å². The topological polar surface area (TPSA) is 29.5 Å². The average molecular weight is 341 g/mol.